The molecule has 0 amide bonds. The summed E-state index contributed by atoms with van der Waals surface area (Å²) in [6, 6.07) is 11.3. The highest BCUT2D eigenvalue weighted by atomic mass is 79.9. The lowest BCUT2D eigenvalue weighted by Gasteiger charge is -2.32. The summed E-state index contributed by atoms with van der Waals surface area (Å²) in [7, 11) is 0. The molecule has 2 N–H and O–H groups in total. The van der Waals surface area contributed by atoms with Crippen molar-refractivity contribution in [3.63, 3.8) is 0 Å². The van der Waals surface area contributed by atoms with Crippen LogP contribution in [0.4, 0.5) is 10.1 Å². The summed E-state index contributed by atoms with van der Waals surface area (Å²) in [6.45, 7) is 3.26. The number of aliphatic hydroxyl groups is 1. The van der Waals surface area contributed by atoms with Crippen molar-refractivity contribution in [3.8, 4) is 0 Å². The number of hydrogen-bond donors (Lipinski definition) is 2. The molecular weight excluding hydrogens is 407 g/mol. The molecule has 0 aliphatic heterocycles. The van der Waals surface area contributed by atoms with Crippen molar-refractivity contribution in [2.75, 3.05) is 5.32 Å². The molecule has 130 valence electrons. The second-order valence-electron chi connectivity index (χ2n) is 6.40. The third-order valence-electron chi connectivity index (χ3n) is 4.00. The Balaban J connectivity index is 2.16. The number of hydrogen-bond acceptors (Lipinski definition) is 3. The molecule has 1 heterocycles. The normalized spacial score (nSPS) is 13.0. The second-order valence-corrected chi connectivity index (χ2v) is 7.72. The van der Waals surface area contributed by atoms with E-state index in [1.807, 2.05) is 18.2 Å². The zero-order valence-electron chi connectivity index (χ0n) is 13.7. The Hall–Kier alpha value is -1.69. The minimum Gasteiger partial charge on any atom is -0.388 e. The fourth-order valence-corrected chi connectivity index (χ4v) is 3.34. The molecule has 0 saturated heterocycles. The molecule has 0 aliphatic rings. The molecule has 1 atom stereocenters. The van der Waals surface area contributed by atoms with Gasteiger partial charge in [-0.1, -0.05) is 45.7 Å². The quantitative estimate of drug-likeness (QED) is 0.564. The molecule has 6 heteroatoms. The lowest BCUT2D eigenvalue weighted by atomic mass is 9.91. The smallest absolute Gasteiger partial charge is 0.128 e. The minimum atomic E-state index is -1.23. The summed E-state index contributed by atoms with van der Waals surface area (Å²) in [5.41, 5.74) is 0.486. The molecule has 0 fully saturated rings. The molecule has 3 nitrogen and oxygen atoms in total. The molecule has 3 aromatic rings. The number of rotatable bonds is 4. The van der Waals surface area contributed by atoms with Gasteiger partial charge in [0.05, 0.1) is 27.9 Å². The van der Waals surface area contributed by atoms with Crippen LogP contribution in [0.2, 0.25) is 5.02 Å². The summed E-state index contributed by atoms with van der Waals surface area (Å²) in [5, 5.41) is 15.1. The summed E-state index contributed by atoms with van der Waals surface area (Å²) >= 11 is 9.81. The molecule has 0 radical (unpaired) electrons. The highest BCUT2D eigenvalue weighted by Gasteiger charge is 2.31. The van der Waals surface area contributed by atoms with Gasteiger partial charge in [-0.15, -0.1) is 0 Å². The summed E-state index contributed by atoms with van der Waals surface area (Å²) in [5.74, 6) is -0.391. The maximum absolute atomic E-state index is 14.3. The van der Waals surface area contributed by atoms with E-state index in [4.69, 9.17) is 11.6 Å². The highest BCUT2D eigenvalue weighted by Crippen LogP contribution is 2.37. The number of nitrogens with zero attached hydrogens (tertiary/aromatic N) is 1. The zero-order chi connectivity index (χ0) is 18.2. The topological polar surface area (TPSA) is 45.1 Å². The van der Waals surface area contributed by atoms with Crippen LogP contribution >= 0.6 is 27.5 Å². The van der Waals surface area contributed by atoms with Crippen LogP contribution in [-0.4, -0.2) is 15.7 Å². The van der Waals surface area contributed by atoms with Gasteiger partial charge in [-0.05, 0) is 38.1 Å². The molecule has 0 bridgehead atoms. The molecule has 0 saturated carbocycles. The Bertz CT molecular complexity index is 922. The van der Waals surface area contributed by atoms with Crippen molar-refractivity contribution in [1.82, 2.24) is 4.98 Å². The van der Waals surface area contributed by atoms with Crippen molar-refractivity contribution in [2.45, 2.75) is 25.5 Å². The van der Waals surface area contributed by atoms with E-state index in [0.717, 1.165) is 15.4 Å². The van der Waals surface area contributed by atoms with E-state index < -0.39 is 17.5 Å². The molecular formula is C19H17BrClFN2O. The average molecular weight is 424 g/mol. The number of nitrogens with one attached hydrogen (secondary N) is 1. The Kier molecular flexibility index (Phi) is 5.00. The van der Waals surface area contributed by atoms with Crippen LogP contribution < -0.4 is 5.32 Å². The van der Waals surface area contributed by atoms with Crippen molar-refractivity contribution in [1.29, 1.82) is 0 Å². The average Bonchev–Trinajstić information content (AvgIpc) is 2.54. The maximum Gasteiger partial charge on any atom is 0.128 e. The van der Waals surface area contributed by atoms with Gasteiger partial charge in [0.25, 0.3) is 0 Å². The fraction of sp³-hybridized carbons (Fsp3) is 0.211. The van der Waals surface area contributed by atoms with E-state index in [0.29, 0.717) is 16.3 Å². The first-order valence-corrected chi connectivity index (χ1v) is 8.91. The molecule has 3 rings (SSSR count). The van der Waals surface area contributed by atoms with E-state index in [1.165, 1.54) is 6.07 Å². The van der Waals surface area contributed by atoms with Gasteiger partial charge < -0.3 is 10.4 Å². The lowest BCUT2D eigenvalue weighted by Crippen LogP contribution is -2.35. The maximum atomic E-state index is 14.3. The van der Waals surface area contributed by atoms with Crippen LogP contribution in [0.1, 0.15) is 25.5 Å². The standard InChI is InChI=1S/C19H17BrClFN2O/c1-19(2,25)18(12-5-3-4-6-15(12)22)24-17-13-9-11(20)7-8-16(13)23-10-14(17)21/h3-10,18,25H,1-2H3,(H,23,24). The third kappa shape index (κ3) is 3.78. The van der Waals surface area contributed by atoms with Gasteiger partial charge >= 0.3 is 0 Å². The second kappa shape index (κ2) is 6.90. The molecule has 0 spiro atoms. The number of pyridine rings is 1. The van der Waals surface area contributed by atoms with Crippen LogP contribution in [0.25, 0.3) is 10.9 Å². The first-order chi connectivity index (χ1) is 11.8. The van der Waals surface area contributed by atoms with E-state index >= 15 is 0 Å². The van der Waals surface area contributed by atoms with E-state index in [-0.39, 0.29) is 0 Å². The Morgan fingerprint density at radius 2 is 1.96 bits per heavy atom. The minimum absolute atomic E-state index is 0.367. The number of aromatic nitrogens is 1. The summed E-state index contributed by atoms with van der Waals surface area (Å²) in [4.78, 5) is 4.31. The molecule has 1 unspecified atom stereocenters. The van der Waals surface area contributed by atoms with Crippen LogP contribution in [0.5, 0.6) is 0 Å². The Labute approximate surface area is 159 Å². The predicted octanol–water partition coefficient (Wildman–Crippen LogP) is 5.71. The number of halogens is 3. The Morgan fingerprint density at radius 1 is 1.24 bits per heavy atom. The monoisotopic (exact) mass is 422 g/mol. The SMILES string of the molecule is CC(C)(O)C(Nc1c(Cl)cnc2ccc(Br)cc12)c1ccccc1F. The predicted molar refractivity (Wildman–Crippen MR) is 104 cm³/mol. The summed E-state index contributed by atoms with van der Waals surface area (Å²) < 4.78 is 15.2. The van der Waals surface area contributed by atoms with Gasteiger partial charge in [-0.25, -0.2) is 4.39 Å². The van der Waals surface area contributed by atoms with Crippen molar-refractivity contribution >= 4 is 44.1 Å². The van der Waals surface area contributed by atoms with Crippen molar-refractivity contribution in [2.24, 2.45) is 0 Å². The van der Waals surface area contributed by atoms with Crippen molar-refractivity contribution < 1.29 is 9.50 Å². The Morgan fingerprint density at radius 3 is 2.64 bits per heavy atom. The molecule has 1 aromatic heterocycles. The summed E-state index contributed by atoms with van der Waals surface area (Å²) in [6.07, 6.45) is 1.54. The molecule has 25 heavy (non-hydrogen) atoms. The van der Waals surface area contributed by atoms with Gasteiger partial charge in [0.2, 0.25) is 0 Å². The van der Waals surface area contributed by atoms with Crippen molar-refractivity contribution in [3.05, 3.63) is 69.5 Å². The molecule has 2 aromatic carbocycles. The fourth-order valence-electron chi connectivity index (χ4n) is 2.78. The van der Waals surface area contributed by atoms with Gasteiger partial charge in [0.15, 0.2) is 0 Å². The first kappa shape index (κ1) is 18.1. The number of fused-ring (bicyclic) bond motifs is 1. The lowest BCUT2D eigenvalue weighted by molar-refractivity contribution is 0.0578. The van der Waals surface area contributed by atoms with Gasteiger partial charge in [-0.2, -0.15) is 0 Å². The highest BCUT2D eigenvalue weighted by molar-refractivity contribution is 9.10. The van der Waals surface area contributed by atoms with Gasteiger partial charge in [0.1, 0.15) is 5.82 Å². The van der Waals surface area contributed by atoms with Crippen LogP contribution in [0.3, 0.4) is 0 Å². The van der Waals surface area contributed by atoms with E-state index in [2.05, 4.69) is 26.2 Å². The largest absolute Gasteiger partial charge is 0.388 e. The first-order valence-electron chi connectivity index (χ1n) is 7.74. The number of anilines is 1. The third-order valence-corrected chi connectivity index (χ3v) is 4.77. The van der Waals surface area contributed by atoms with Crippen LogP contribution in [0.15, 0.2) is 53.1 Å². The van der Waals surface area contributed by atoms with Crippen LogP contribution in [-0.2, 0) is 0 Å². The van der Waals surface area contributed by atoms with Gasteiger partial charge in [-0.3, -0.25) is 4.98 Å². The molecule has 0 aliphatic carbocycles. The van der Waals surface area contributed by atoms with E-state index in [1.54, 1.807) is 38.2 Å². The number of benzene rings is 2. The van der Waals surface area contributed by atoms with Gasteiger partial charge in [0, 0.05) is 21.6 Å². The zero-order valence-corrected chi connectivity index (χ0v) is 16.1. The van der Waals surface area contributed by atoms with Crippen LogP contribution in [0, 0.1) is 5.82 Å². The van der Waals surface area contributed by atoms with E-state index in [9.17, 15) is 9.50 Å².